The van der Waals surface area contributed by atoms with Gasteiger partial charge in [0, 0.05) is 22.4 Å². The maximum Gasteiger partial charge on any atom is 0.175 e. The van der Waals surface area contributed by atoms with Gasteiger partial charge in [-0.1, -0.05) is 6.92 Å². The van der Waals surface area contributed by atoms with E-state index in [-0.39, 0.29) is 0 Å². The molecule has 1 fully saturated rings. The van der Waals surface area contributed by atoms with Crippen LogP contribution >= 0.6 is 11.8 Å². The molecule has 20 heavy (non-hydrogen) atoms. The summed E-state index contributed by atoms with van der Waals surface area (Å²) in [6.45, 7) is 2.31. The second kappa shape index (κ2) is 6.50. The lowest BCUT2D eigenvalue weighted by Gasteiger charge is -2.34. The minimum atomic E-state index is -3.10. The number of thioether (sulfide) groups is 1. The Balaban J connectivity index is 2.08. The summed E-state index contributed by atoms with van der Waals surface area (Å²) in [5, 5.41) is 3.98. The quantitative estimate of drug-likeness (QED) is 0.928. The van der Waals surface area contributed by atoms with Crippen LogP contribution in [0.4, 0.5) is 0 Å². The molecule has 3 nitrogen and oxygen atoms in total. The van der Waals surface area contributed by atoms with E-state index in [4.69, 9.17) is 0 Å². The van der Waals surface area contributed by atoms with Gasteiger partial charge in [-0.15, -0.1) is 11.8 Å². The van der Waals surface area contributed by atoms with Crippen molar-refractivity contribution in [3.05, 3.63) is 24.3 Å². The summed E-state index contributed by atoms with van der Waals surface area (Å²) in [5.41, 5.74) is 0. The maximum absolute atomic E-state index is 11.5. The van der Waals surface area contributed by atoms with Crippen LogP contribution in [0, 0.1) is 5.92 Å². The number of sulfone groups is 1. The van der Waals surface area contributed by atoms with Crippen LogP contribution in [0.15, 0.2) is 34.1 Å². The van der Waals surface area contributed by atoms with E-state index >= 15 is 0 Å². The Morgan fingerprint density at radius 2 is 1.85 bits per heavy atom. The van der Waals surface area contributed by atoms with Gasteiger partial charge in [0.2, 0.25) is 0 Å². The predicted octanol–water partition coefficient (Wildman–Crippen LogP) is 2.96. The Bertz CT molecular complexity index is 539. The molecule has 3 atom stereocenters. The highest BCUT2D eigenvalue weighted by Gasteiger charge is 2.28. The first-order valence-corrected chi connectivity index (χ1v) is 9.81. The summed E-state index contributed by atoms with van der Waals surface area (Å²) in [7, 11) is -1.07. The molecule has 0 spiro atoms. The topological polar surface area (TPSA) is 46.2 Å². The molecule has 0 aromatic heterocycles. The molecule has 2 rings (SSSR count). The van der Waals surface area contributed by atoms with E-state index in [1.807, 2.05) is 30.9 Å². The van der Waals surface area contributed by atoms with Crippen molar-refractivity contribution < 1.29 is 8.42 Å². The van der Waals surface area contributed by atoms with Crippen molar-refractivity contribution in [2.24, 2.45) is 5.92 Å². The van der Waals surface area contributed by atoms with Crippen LogP contribution in [0.1, 0.15) is 26.2 Å². The van der Waals surface area contributed by atoms with Crippen LogP contribution in [0.3, 0.4) is 0 Å². The summed E-state index contributed by atoms with van der Waals surface area (Å²) in [6.07, 6.45) is 4.96. The summed E-state index contributed by atoms with van der Waals surface area (Å²) in [5.74, 6) is 0.771. The van der Waals surface area contributed by atoms with Gasteiger partial charge in [0.15, 0.2) is 9.84 Å². The zero-order valence-electron chi connectivity index (χ0n) is 12.3. The van der Waals surface area contributed by atoms with Gasteiger partial charge in [-0.3, -0.25) is 0 Å². The fraction of sp³-hybridized carbons (Fsp3) is 0.600. The third kappa shape index (κ3) is 3.99. The van der Waals surface area contributed by atoms with Gasteiger partial charge in [-0.05, 0) is 56.5 Å². The van der Waals surface area contributed by atoms with Crippen molar-refractivity contribution in [1.29, 1.82) is 0 Å². The Morgan fingerprint density at radius 1 is 1.20 bits per heavy atom. The lowest BCUT2D eigenvalue weighted by atomic mass is 9.87. The molecule has 5 heteroatoms. The zero-order chi connectivity index (χ0) is 14.8. The van der Waals surface area contributed by atoms with Gasteiger partial charge in [-0.2, -0.15) is 0 Å². The van der Waals surface area contributed by atoms with E-state index in [0.29, 0.717) is 16.2 Å². The molecule has 0 bridgehead atoms. The molecule has 0 saturated heterocycles. The summed E-state index contributed by atoms with van der Waals surface area (Å²) >= 11 is 1.86. The minimum absolute atomic E-state index is 0.393. The number of nitrogens with one attached hydrogen (secondary N) is 1. The standard InChI is InChI=1S/C15H23NO2S2/c1-11-4-9-14(16-2)15(10-11)19-12-5-7-13(8-6-12)20(3,17)18/h5-8,11,14-16H,4,9-10H2,1-3H3. The predicted molar refractivity (Wildman–Crippen MR) is 85.1 cm³/mol. The van der Waals surface area contributed by atoms with Crippen molar-refractivity contribution in [3.63, 3.8) is 0 Å². The highest BCUT2D eigenvalue weighted by atomic mass is 32.2. The SMILES string of the molecule is CNC1CCC(C)CC1Sc1ccc(S(C)(=O)=O)cc1. The van der Waals surface area contributed by atoms with E-state index in [2.05, 4.69) is 12.2 Å². The van der Waals surface area contributed by atoms with Gasteiger partial charge in [0.05, 0.1) is 4.90 Å². The number of rotatable bonds is 4. The molecule has 1 aromatic carbocycles. The molecule has 1 aromatic rings. The van der Waals surface area contributed by atoms with Gasteiger partial charge >= 0.3 is 0 Å². The van der Waals surface area contributed by atoms with Crippen molar-refractivity contribution in [2.45, 2.75) is 47.3 Å². The van der Waals surface area contributed by atoms with E-state index in [1.165, 1.54) is 25.5 Å². The maximum atomic E-state index is 11.5. The highest BCUT2D eigenvalue weighted by Crippen LogP contribution is 2.36. The molecule has 1 aliphatic rings. The van der Waals surface area contributed by atoms with Gasteiger partial charge in [0.25, 0.3) is 0 Å². The first kappa shape index (κ1) is 15.9. The highest BCUT2D eigenvalue weighted by molar-refractivity contribution is 8.00. The molecule has 1 N–H and O–H groups in total. The second-order valence-electron chi connectivity index (χ2n) is 5.71. The minimum Gasteiger partial charge on any atom is -0.316 e. The van der Waals surface area contributed by atoms with Crippen molar-refractivity contribution in [2.75, 3.05) is 13.3 Å². The largest absolute Gasteiger partial charge is 0.316 e. The third-order valence-electron chi connectivity index (χ3n) is 3.96. The molecule has 3 unspecified atom stereocenters. The normalized spacial score (nSPS) is 27.4. The number of benzene rings is 1. The molecule has 112 valence electrons. The van der Waals surface area contributed by atoms with E-state index in [9.17, 15) is 8.42 Å². The van der Waals surface area contributed by atoms with Crippen molar-refractivity contribution >= 4 is 21.6 Å². The molecule has 0 radical (unpaired) electrons. The first-order chi connectivity index (χ1) is 9.40. The first-order valence-electron chi connectivity index (χ1n) is 7.04. The second-order valence-corrected chi connectivity index (χ2v) is 9.04. The van der Waals surface area contributed by atoms with Crippen LogP contribution in [-0.4, -0.2) is 33.0 Å². The molecule has 0 aliphatic heterocycles. The summed E-state index contributed by atoms with van der Waals surface area (Å²) < 4.78 is 22.9. The summed E-state index contributed by atoms with van der Waals surface area (Å²) in [6, 6.07) is 7.81. The molecule has 1 saturated carbocycles. The summed E-state index contributed by atoms with van der Waals surface area (Å²) in [4.78, 5) is 1.54. The molecular formula is C15H23NO2S2. The van der Waals surface area contributed by atoms with Crippen LogP contribution in [0.25, 0.3) is 0 Å². The van der Waals surface area contributed by atoms with Crippen LogP contribution < -0.4 is 5.32 Å². The molecule has 0 heterocycles. The van der Waals surface area contributed by atoms with Crippen LogP contribution in [0.2, 0.25) is 0 Å². The Kier molecular flexibility index (Phi) is 5.15. The van der Waals surface area contributed by atoms with Crippen molar-refractivity contribution in [1.82, 2.24) is 5.32 Å². The van der Waals surface area contributed by atoms with Gasteiger partial charge in [0.1, 0.15) is 0 Å². The average molecular weight is 313 g/mol. The molecule has 0 amide bonds. The monoisotopic (exact) mass is 313 g/mol. The Hall–Kier alpha value is -0.520. The van der Waals surface area contributed by atoms with Gasteiger partial charge < -0.3 is 5.32 Å². The van der Waals surface area contributed by atoms with E-state index < -0.39 is 9.84 Å². The van der Waals surface area contributed by atoms with E-state index in [1.54, 1.807) is 12.1 Å². The molecule has 1 aliphatic carbocycles. The van der Waals surface area contributed by atoms with Crippen molar-refractivity contribution in [3.8, 4) is 0 Å². The van der Waals surface area contributed by atoms with Crippen LogP contribution in [0.5, 0.6) is 0 Å². The lowest BCUT2D eigenvalue weighted by molar-refractivity contribution is 0.329. The number of hydrogen-bond acceptors (Lipinski definition) is 4. The van der Waals surface area contributed by atoms with Gasteiger partial charge in [-0.25, -0.2) is 8.42 Å². The fourth-order valence-electron chi connectivity index (χ4n) is 2.73. The average Bonchev–Trinajstić information content (AvgIpc) is 2.38. The fourth-order valence-corrected chi connectivity index (χ4v) is 4.86. The third-order valence-corrected chi connectivity index (χ3v) is 6.46. The Labute approximate surface area is 126 Å². The zero-order valence-corrected chi connectivity index (χ0v) is 13.9. The lowest BCUT2D eigenvalue weighted by Crippen LogP contribution is -2.40. The van der Waals surface area contributed by atoms with Crippen LogP contribution in [-0.2, 0) is 9.84 Å². The van der Waals surface area contributed by atoms with E-state index in [0.717, 1.165) is 10.8 Å². The molecular weight excluding hydrogens is 290 g/mol. The smallest absolute Gasteiger partial charge is 0.175 e. The number of hydrogen-bond donors (Lipinski definition) is 1. The Morgan fingerprint density at radius 3 is 2.40 bits per heavy atom.